The summed E-state index contributed by atoms with van der Waals surface area (Å²) in [6, 6.07) is 8.20. The van der Waals surface area contributed by atoms with E-state index in [0.717, 1.165) is 48.1 Å². The Hall–Kier alpha value is -1.84. The topological polar surface area (TPSA) is 49.8 Å². The van der Waals surface area contributed by atoms with E-state index in [1.807, 2.05) is 18.2 Å². The van der Waals surface area contributed by atoms with Crippen molar-refractivity contribution in [3.63, 3.8) is 0 Å². The van der Waals surface area contributed by atoms with E-state index in [1.165, 1.54) is 12.8 Å². The first-order valence-corrected chi connectivity index (χ1v) is 8.02. The van der Waals surface area contributed by atoms with Crippen LogP contribution in [0.1, 0.15) is 33.1 Å². The molecule has 2 aromatic rings. The van der Waals surface area contributed by atoms with Crippen LogP contribution in [0, 0.1) is 11.8 Å². The SMILES string of the molecule is CCCNc1nc(NCC(C)C2CC2)c2ccccc2n1. The number of nitrogens with zero attached hydrogens (tertiary/aromatic N) is 2. The average Bonchev–Trinajstić information content (AvgIpc) is 3.35. The number of benzene rings is 1. The molecule has 1 fully saturated rings. The molecule has 112 valence electrons. The maximum atomic E-state index is 4.66. The molecule has 1 saturated carbocycles. The van der Waals surface area contributed by atoms with Crippen LogP contribution in [-0.4, -0.2) is 23.1 Å². The fourth-order valence-corrected chi connectivity index (χ4v) is 2.62. The van der Waals surface area contributed by atoms with Crippen LogP contribution < -0.4 is 10.6 Å². The first-order valence-electron chi connectivity index (χ1n) is 8.02. The zero-order chi connectivity index (χ0) is 14.7. The number of rotatable bonds is 7. The van der Waals surface area contributed by atoms with Crippen LogP contribution >= 0.6 is 0 Å². The molecule has 4 heteroatoms. The Kier molecular flexibility index (Phi) is 4.23. The quantitative estimate of drug-likeness (QED) is 0.809. The zero-order valence-electron chi connectivity index (χ0n) is 12.9. The molecule has 1 heterocycles. The van der Waals surface area contributed by atoms with Gasteiger partial charge >= 0.3 is 0 Å². The van der Waals surface area contributed by atoms with Crippen LogP contribution in [0.4, 0.5) is 11.8 Å². The van der Waals surface area contributed by atoms with Crippen LogP contribution in [-0.2, 0) is 0 Å². The lowest BCUT2D eigenvalue weighted by Gasteiger charge is -2.14. The summed E-state index contributed by atoms with van der Waals surface area (Å²) in [5, 5.41) is 7.92. The third-order valence-electron chi connectivity index (χ3n) is 4.15. The van der Waals surface area contributed by atoms with E-state index >= 15 is 0 Å². The molecule has 3 rings (SSSR count). The first kappa shape index (κ1) is 14.1. The minimum absolute atomic E-state index is 0.714. The number of aromatic nitrogens is 2. The number of para-hydroxylation sites is 1. The van der Waals surface area contributed by atoms with Gasteiger partial charge in [-0.15, -0.1) is 0 Å². The number of hydrogen-bond acceptors (Lipinski definition) is 4. The van der Waals surface area contributed by atoms with Gasteiger partial charge in [0, 0.05) is 18.5 Å². The van der Waals surface area contributed by atoms with Gasteiger partial charge in [-0.05, 0) is 43.2 Å². The molecule has 21 heavy (non-hydrogen) atoms. The Balaban J connectivity index is 1.82. The molecule has 1 aromatic heterocycles. The van der Waals surface area contributed by atoms with Crippen molar-refractivity contribution in [1.82, 2.24) is 9.97 Å². The molecule has 0 bridgehead atoms. The van der Waals surface area contributed by atoms with E-state index in [4.69, 9.17) is 0 Å². The van der Waals surface area contributed by atoms with Gasteiger partial charge in [0.15, 0.2) is 0 Å². The Morgan fingerprint density at radius 2 is 2.00 bits per heavy atom. The lowest BCUT2D eigenvalue weighted by Crippen LogP contribution is -2.15. The molecule has 0 saturated heterocycles. The van der Waals surface area contributed by atoms with E-state index in [0.29, 0.717) is 5.92 Å². The smallest absolute Gasteiger partial charge is 0.225 e. The normalized spacial score (nSPS) is 15.9. The molecule has 0 amide bonds. The van der Waals surface area contributed by atoms with Gasteiger partial charge in [0.05, 0.1) is 5.52 Å². The highest BCUT2D eigenvalue weighted by Crippen LogP contribution is 2.36. The summed E-state index contributed by atoms with van der Waals surface area (Å²) < 4.78 is 0. The highest BCUT2D eigenvalue weighted by atomic mass is 15.1. The lowest BCUT2D eigenvalue weighted by molar-refractivity contribution is 0.536. The predicted octanol–water partition coefficient (Wildman–Crippen LogP) is 3.91. The summed E-state index contributed by atoms with van der Waals surface area (Å²) >= 11 is 0. The molecule has 1 unspecified atom stereocenters. The minimum atomic E-state index is 0.714. The van der Waals surface area contributed by atoms with E-state index in [9.17, 15) is 0 Å². The number of anilines is 2. The molecular formula is C17H24N4. The van der Waals surface area contributed by atoms with Crippen LogP contribution in [0.15, 0.2) is 24.3 Å². The van der Waals surface area contributed by atoms with Crippen molar-refractivity contribution in [3.05, 3.63) is 24.3 Å². The van der Waals surface area contributed by atoms with Crippen molar-refractivity contribution >= 4 is 22.7 Å². The third kappa shape index (κ3) is 3.43. The standard InChI is InChI=1S/C17H24N4/c1-3-10-18-17-20-15-7-5-4-6-14(15)16(21-17)19-11-12(2)13-8-9-13/h4-7,12-13H,3,8-11H2,1-2H3,(H2,18,19,20,21). The Morgan fingerprint density at radius 3 is 2.76 bits per heavy atom. The number of fused-ring (bicyclic) bond motifs is 1. The van der Waals surface area contributed by atoms with Gasteiger partial charge in [0.2, 0.25) is 5.95 Å². The van der Waals surface area contributed by atoms with Gasteiger partial charge in [0.1, 0.15) is 5.82 Å². The minimum Gasteiger partial charge on any atom is -0.369 e. The Bertz CT molecular complexity index is 607. The van der Waals surface area contributed by atoms with Crippen molar-refractivity contribution in [2.24, 2.45) is 11.8 Å². The summed E-state index contributed by atoms with van der Waals surface area (Å²) in [4.78, 5) is 9.24. The van der Waals surface area contributed by atoms with E-state index in [-0.39, 0.29) is 0 Å². The van der Waals surface area contributed by atoms with Gasteiger partial charge in [-0.25, -0.2) is 4.98 Å². The maximum Gasteiger partial charge on any atom is 0.225 e. The van der Waals surface area contributed by atoms with Crippen molar-refractivity contribution < 1.29 is 0 Å². The fraction of sp³-hybridized carbons (Fsp3) is 0.529. The predicted molar refractivity (Wildman–Crippen MR) is 88.7 cm³/mol. The second-order valence-corrected chi connectivity index (χ2v) is 6.04. The van der Waals surface area contributed by atoms with Crippen molar-refractivity contribution in [2.75, 3.05) is 23.7 Å². The largest absolute Gasteiger partial charge is 0.369 e. The summed E-state index contributed by atoms with van der Waals surface area (Å²) in [6.45, 7) is 6.35. The molecule has 4 nitrogen and oxygen atoms in total. The van der Waals surface area contributed by atoms with Crippen molar-refractivity contribution in [2.45, 2.75) is 33.1 Å². The average molecular weight is 284 g/mol. The zero-order valence-corrected chi connectivity index (χ0v) is 12.9. The summed E-state index contributed by atoms with van der Waals surface area (Å²) in [6.07, 6.45) is 3.84. The van der Waals surface area contributed by atoms with Crippen molar-refractivity contribution in [1.29, 1.82) is 0 Å². The Labute approximate surface area is 126 Å². The van der Waals surface area contributed by atoms with E-state index in [2.05, 4.69) is 40.5 Å². The van der Waals surface area contributed by atoms with Gasteiger partial charge in [0.25, 0.3) is 0 Å². The van der Waals surface area contributed by atoms with Crippen LogP contribution in [0.2, 0.25) is 0 Å². The second kappa shape index (κ2) is 6.29. The summed E-state index contributed by atoms with van der Waals surface area (Å²) in [7, 11) is 0. The van der Waals surface area contributed by atoms with Gasteiger partial charge < -0.3 is 10.6 Å². The first-order chi connectivity index (χ1) is 10.3. The lowest BCUT2D eigenvalue weighted by atomic mass is 10.1. The van der Waals surface area contributed by atoms with Crippen LogP contribution in [0.25, 0.3) is 10.9 Å². The molecule has 1 aromatic carbocycles. The molecule has 0 aliphatic heterocycles. The van der Waals surface area contributed by atoms with Gasteiger partial charge in [-0.2, -0.15) is 4.98 Å². The Morgan fingerprint density at radius 1 is 1.19 bits per heavy atom. The van der Waals surface area contributed by atoms with Gasteiger partial charge in [-0.3, -0.25) is 0 Å². The van der Waals surface area contributed by atoms with E-state index in [1.54, 1.807) is 0 Å². The monoisotopic (exact) mass is 284 g/mol. The molecular weight excluding hydrogens is 260 g/mol. The van der Waals surface area contributed by atoms with Crippen LogP contribution in [0.3, 0.4) is 0 Å². The number of nitrogens with one attached hydrogen (secondary N) is 2. The molecule has 1 aliphatic carbocycles. The van der Waals surface area contributed by atoms with E-state index < -0.39 is 0 Å². The molecule has 0 radical (unpaired) electrons. The molecule has 1 aliphatic rings. The molecule has 0 spiro atoms. The second-order valence-electron chi connectivity index (χ2n) is 6.04. The van der Waals surface area contributed by atoms with Crippen molar-refractivity contribution in [3.8, 4) is 0 Å². The van der Waals surface area contributed by atoms with Gasteiger partial charge in [-0.1, -0.05) is 26.0 Å². The highest BCUT2D eigenvalue weighted by molar-refractivity contribution is 5.90. The summed E-state index contributed by atoms with van der Waals surface area (Å²) in [5.41, 5.74) is 0.993. The molecule has 2 N–H and O–H groups in total. The highest BCUT2D eigenvalue weighted by Gasteiger charge is 2.27. The van der Waals surface area contributed by atoms with Crippen LogP contribution in [0.5, 0.6) is 0 Å². The number of hydrogen-bond donors (Lipinski definition) is 2. The summed E-state index contributed by atoms with van der Waals surface area (Å²) in [5.74, 6) is 3.29. The fourth-order valence-electron chi connectivity index (χ4n) is 2.62. The maximum absolute atomic E-state index is 4.66. The molecule has 1 atom stereocenters. The third-order valence-corrected chi connectivity index (χ3v) is 4.15.